The zero-order valence-corrected chi connectivity index (χ0v) is 13.3. The summed E-state index contributed by atoms with van der Waals surface area (Å²) in [5.74, 6) is 0.567. The van der Waals surface area contributed by atoms with Crippen molar-refractivity contribution >= 4 is 10.0 Å². The summed E-state index contributed by atoms with van der Waals surface area (Å²) in [5, 5.41) is 0. The second-order valence-corrected chi connectivity index (χ2v) is 8.26. The fourth-order valence-corrected chi connectivity index (χ4v) is 5.54. The average Bonchev–Trinajstić information content (AvgIpc) is 2.95. The minimum atomic E-state index is -3.37. The zero-order chi connectivity index (χ0) is 15.0. The number of piperidine rings is 1. The van der Waals surface area contributed by atoms with Crippen molar-refractivity contribution < 1.29 is 8.42 Å². The molecule has 3 atom stereocenters. The molecule has 3 rings (SSSR count). The maximum Gasteiger partial charge on any atom is 0.243 e. The molecule has 1 aromatic rings. The number of nitrogens with zero attached hydrogens (tertiary/aromatic N) is 1. The van der Waals surface area contributed by atoms with Gasteiger partial charge in [-0.1, -0.05) is 18.6 Å². The van der Waals surface area contributed by atoms with Crippen LogP contribution in [-0.4, -0.2) is 25.3 Å². The van der Waals surface area contributed by atoms with Gasteiger partial charge in [0, 0.05) is 18.6 Å². The molecular formula is C16H24N2O2S. The van der Waals surface area contributed by atoms with E-state index >= 15 is 0 Å². The predicted molar refractivity (Wildman–Crippen MR) is 83.3 cm³/mol. The van der Waals surface area contributed by atoms with E-state index in [4.69, 9.17) is 5.73 Å². The molecule has 0 aromatic heterocycles. The summed E-state index contributed by atoms with van der Waals surface area (Å²) in [7, 11) is -3.37. The van der Waals surface area contributed by atoms with Crippen LogP contribution in [0.25, 0.3) is 0 Å². The summed E-state index contributed by atoms with van der Waals surface area (Å²) in [5.41, 5.74) is 6.79. The van der Waals surface area contributed by atoms with Gasteiger partial charge in [0.2, 0.25) is 10.0 Å². The van der Waals surface area contributed by atoms with E-state index in [1.165, 1.54) is 12.8 Å². The minimum Gasteiger partial charge on any atom is -0.324 e. The summed E-state index contributed by atoms with van der Waals surface area (Å²) in [6.07, 6.45) is 5.52. The average molecular weight is 308 g/mol. The van der Waals surface area contributed by atoms with Crippen molar-refractivity contribution in [1.29, 1.82) is 0 Å². The van der Waals surface area contributed by atoms with Gasteiger partial charge >= 0.3 is 0 Å². The van der Waals surface area contributed by atoms with Gasteiger partial charge in [0.25, 0.3) is 0 Å². The van der Waals surface area contributed by atoms with Gasteiger partial charge in [-0.2, -0.15) is 4.31 Å². The van der Waals surface area contributed by atoms with Crippen LogP contribution in [0.15, 0.2) is 29.2 Å². The lowest BCUT2D eigenvalue weighted by molar-refractivity contribution is 0.202. The van der Waals surface area contributed by atoms with E-state index < -0.39 is 10.0 Å². The second-order valence-electron chi connectivity index (χ2n) is 6.37. The Labute approximate surface area is 127 Å². The summed E-state index contributed by atoms with van der Waals surface area (Å²) < 4.78 is 27.6. The van der Waals surface area contributed by atoms with Crippen LogP contribution in [0.4, 0.5) is 0 Å². The van der Waals surface area contributed by atoms with Crippen LogP contribution in [0.1, 0.15) is 50.6 Å². The van der Waals surface area contributed by atoms with Crippen LogP contribution in [0.3, 0.4) is 0 Å². The number of fused-ring (bicyclic) bond motifs is 1. The molecule has 116 valence electrons. The zero-order valence-electron chi connectivity index (χ0n) is 12.5. The molecule has 3 unspecified atom stereocenters. The number of rotatable bonds is 3. The topological polar surface area (TPSA) is 63.4 Å². The number of hydrogen-bond acceptors (Lipinski definition) is 3. The van der Waals surface area contributed by atoms with Crippen molar-refractivity contribution in [1.82, 2.24) is 4.31 Å². The number of sulfonamides is 1. The second kappa shape index (κ2) is 5.71. The molecule has 0 amide bonds. The molecule has 1 heterocycles. The molecule has 4 nitrogen and oxygen atoms in total. The predicted octanol–water partition coefficient (Wildman–Crippen LogP) is 2.66. The van der Waals surface area contributed by atoms with Gasteiger partial charge in [-0.3, -0.25) is 0 Å². The molecule has 0 radical (unpaired) electrons. The van der Waals surface area contributed by atoms with Crippen LogP contribution >= 0.6 is 0 Å². The normalized spacial score (nSPS) is 28.3. The Morgan fingerprint density at radius 2 is 1.81 bits per heavy atom. The number of benzene rings is 1. The molecule has 2 fully saturated rings. The van der Waals surface area contributed by atoms with Crippen LogP contribution in [0.2, 0.25) is 0 Å². The Morgan fingerprint density at radius 3 is 2.48 bits per heavy atom. The lowest BCUT2D eigenvalue weighted by Crippen LogP contribution is -2.46. The molecule has 1 saturated heterocycles. The molecule has 1 aliphatic carbocycles. The first-order valence-corrected chi connectivity index (χ1v) is 9.31. The summed E-state index contributed by atoms with van der Waals surface area (Å²) in [4.78, 5) is 0.402. The third-order valence-corrected chi connectivity index (χ3v) is 6.89. The quantitative estimate of drug-likeness (QED) is 0.933. The highest BCUT2D eigenvalue weighted by molar-refractivity contribution is 7.89. The van der Waals surface area contributed by atoms with Crippen molar-refractivity contribution in [2.45, 2.75) is 56.0 Å². The van der Waals surface area contributed by atoms with Crippen LogP contribution in [0, 0.1) is 5.92 Å². The molecule has 1 aromatic carbocycles. The Hall–Kier alpha value is -0.910. The largest absolute Gasteiger partial charge is 0.324 e. The van der Waals surface area contributed by atoms with Crippen LogP contribution in [-0.2, 0) is 10.0 Å². The SMILES string of the molecule is CC(N)c1ccc(S(=O)(=O)N2CCCC3CCCC32)cc1. The molecular weight excluding hydrogens is 284 g/mol. The van der Waals surface area contributed by atoms with Crippen molar-refractivity contribution in [3.05, 3.63) is 29.8 Å². The van der Waals surface area contributed by atoms with E-state index in [1.807, 2.05) is 19.1 Å². The van der Waals surface area contributed by atoms with Gasteiger partial charge in [0.05, 0.1) is 4.90 Å². The van der Waals surface area contributed by atoms with E-state index in [0.29, 0.717) is 17.4 Å². The molecule has 0 spiro atoms. The van der Waals surface area contributed by atoms with Gasteiger partial charge in [-0.25, -0.2) is 8.42 Å². The molecule has 0 bridgehead atoms. The summed E-state index contributed by atoms with van der Waals surface area (Å²) >= 11 is 0. The smallest absolute Gasteiger partial charge is 0.243 e. The van der Waals surface area contributed by atoms with Gasteiger partial charge in [0.1, 0.15) is 0 Å². The first-order chi connectivity index (χ1) is 10.00. The molecule has 5 heteroatoms. The number of hydrogen-bond donors (Lipinski definition) is 1. The first kappa shape index (κ1) is 15.0. The van der Waals surface area contributed by atoms with Gasteiger partial charge in [-0.15, -0.1) is 0 Å². The van der Waals surface area contributed by atoms with Crippen molar-refractivity contribution in [2.24, 2.45) is 11.7 Å². The monoisotopic (exact) mass is 308 g/mol. The third kappa shape index (κ3) is 2.74. The fourth-order valence-electron chi connectivity index (χ4n) is 3.79. The van der Waals surface area contributed by atoms with E-state index in [0.717, 1.165) is 24.8 Å². The van der Waals surface area contributed by atoms with Crippen molar-refractivity contribution in [3.8, 4) is 0 Å². The molecule has 2 N–H and O–H groups in total. The summed E-state index contributed by atoms with van der Waals surface area (Å²) in [6, 6.07) is 7.20. The summed E-state index contributed by atoms with van der Waals surface area (Å²) in [6.45, 7) is 2.57. The highest BCUT2D eigenvalue weighted by Crippen LogP contribution is 2.39. The standard InChI is InChI=1S/C16H24N2O2S/c1-12(17)13-7-9-15(10-8-13)21(19,20)18-11-3-5-14-4-2-6-16(14)18/h7-10,12,14,16H,2-6,11,17H2,1H3. The first-order valence-electron chi connectivity index (χ1n) is 7.87. The Balaban J connectivity index is 1.88. The Bertz CT molecular complexity index is 595. The maximum absolute atomic E-state index is 12.9. The van der Waals surface area contributed by atoms with Crippen LogP contribution in [0.5, 0.6) is 0 Å². The fraction of sp³-hybridized carbons (Fsp3) is 0.625. The Morgan fingerprint density at radius 1 is 1.14 bits per heavy atom. The molecule has 1 aliphatic heterocycles. The maximum atomic E-state index is 12.9. The van der Waals surface area contributed by atoms with Crippen molar-refractivity contribution in [3.63, 3.8) is 0 Å². The van der Waals surface area contributed by atoms with Crippen LogP contribution < -0.4 is 5.73 Å². The third-order valence-electron chi connectivity index (χ3n) is 4.95. The molecule has 21 heavy (non-hydrogen) atoms. The van der Waals surface area contributed by atoms with Gasteiger partial charge < -0.3 is 5.73 Å². The molecule has 2 aliphatic rings. The van der Waals surface area contributed by atoms with E-state index in [1.54, 1.807) is 16.4 Å². The van der Waals surface area contributed by atoms with Crippen molar-refractivity contribution in [2.75, 3.05) is 6.54 Å². The number of nitrogens with two attached hydrogens (primary N) is 1. The lowest BCUT2D eigenvalue weighted by Gasteiger charge is -2.36. The highest BCUT2D eigenvalue weighted by Gasteiger charge is 2.41. The Kier molecular flexibility index (Phi) is 4.08. The minimum absolute atomic E-state index is 0.0732. The highest BCUT2D eigenvalue weighted by atomic mass is 32.2. The van der Waals surface area contributed by atoms with Gasteiger partial charge in [-0.05, 0) is 56.2 Å². The van der Waals surface area contributed by atoms with Gasteiger partial charge in [0.15, 0.2) is 0 Å². The lowest BCUT2D eigenvalue weighted by atomic mass is 9.94. The molecule has 1 saturated carbocycles. The van der Waals surface area contributed by atoms with E-state index in [2.05, 4.69) is 0 Å². The van der Waals surface area contributed by atoms with E-state index in [-0.39, 0.29) is 12.1 Å². The van der Waals surface area contributed by atoms with E-state index in [9.17, 15) is 8.42 Å².